The highest BCUT2D eigenvalue weighted by Crippen LogP contribution is 2.21. The van der Waals surface area contributed by atoms with E-state index < -0.39 is 0 Å². The second-order valence-corrected chi connectivity index (χ2v) is 5.62. The van der Waals surface area contributed by atoms with Crippen LogP contribution in [0.1, 0.15) is 29.0 Å². The Morgan fingerprint density at radius 1 is 1.48 bits per heavy atom. The predicted molar refractivity (Wildman–Crippen MR) is 85.1 cm³/mol. The zero-order chi connectivity index (χ0) is 15.2. The van der Waals surface area contributed by atoms with E-state index in [0.717, 1.165) is 5.56 Å². The van der Waals surface area contributed by atoms with Crippen molar-refractivity contribution in [3.05, 3.63) is 51.7 Å². The number of nitrogens with two attached hydrogens (primary N) is 1. The summed E-state index contributed by atoms with van der Waals surface area (Å²) < 4.78 is 5.22. The SMILES string of the molecule is COc1ccc(CNC(C)c2cccs2)cc1C(N)=NO. The van der Waals surface area contributed by atoms with Crippen LogP contribution in [-0.4, -0.2) is 18.2 Å². The second-order valence-electron chi connectivity index (χ2n) is 4.64. The van der Waals surface area contributed by atoms with Crippen molar-refractivity contribution < 1.29 is 9.94 Å². The lowest BCUT2D eigenvalue weighted by atomic mass is 10.1. The molecule has 0 aliphatic rings. The number of hydrogen-bond donors (Lipinski definition) is 3. The number of oxime groups is 1. The summed E-state index contributed by atoms with van der Waals surface area (Å²) in [7, 11) is 1.56. The van der Waals surface area contributed by atoms with Crippen LogP contribution in [0.3, 0.4) is 0 Å². The average molecular weight is 305 g/mol. The fourth-order valence-electron chi connectivity index (χ4n) is 2.03. The van der Waals surface area contributed by atoms with E-state index in [0.29, 0.717) is 17.9 Å². The van der Waals surface area contributed by atoms with E-state index in [4.69, 9.17) is 15.7 Å². The van der Waals surface area contributed by atoms with Crippen LogP contribution in [0.15, 0.2) is 40.9 Å². The van der Waals surface area contributed by atoms with Crippen molar-refractivity contribution in [3.63, 3.8) is 0 Å². The minimum absolute atomic E-state index is 0.0417. The molecular formula is C15H19N3O2S. The molecule has 112 valence electrons. The molecule has 2 rings (SSSR count). The molecule has 1 aromatic carbocycles. The zero-order valence-corrected chi connectivity index (χ0v) is 12.9. The molecule has 1 atom stereocenters. The fraction of sp³-hybridized carbons (Fsp3) is 0.267. The van der Waals surface area contributed by atoms with E-state index in [1.54, 1.807) is 18.4 Å². The molecular weight excluding hydrogens is 286 g/mol. The maximum atomic E-state index is 8.84. The van der Waals surface area contributed by atoms with Crippen molar-refractivity contribution in [2.75, 3.05) is 7.11 Å². The van der Waals surface area contributed by atoms with Gasteiger partial charge in [-0.1, -0.05) is 17.3 Å². The summed E-state index contributed by atoms with van der Waals surface area (Å²) in [5, 5.41) is 17.4. The highest BCUT2D eigenvalue weighted by atomic mass is 32.1. The lowest BCUT2D eigenvalue weighted by Gasteiger charge is -2.14. The largest absolute Gasteiger partial charge is 0.496 e. The number of methoxy groups -OCH3 is 1. The van der Waals surface area contributed by atoms with Crippen molar-refractivity contribution in [3.8, 4) is 5.75 Å². The van der Waals surface area contributed by atoms with Gasteiger partial charge in [-0.05, 0) is 36.1 Å². The molecule has 0 radical (unpaired) electrons. The van der Waals surface area contributed by atoms with E-state index in [1.807, 2.05) is 24.3 Å². The Labute approximate surface area is 128 Å². The molecule has 21 heavy (non-hydrogen) atoms. The first kappa shape index (κ1) is 15.3. The molecule has 0 spiro atoms. The number of benzene rings is 1. The van der Waals surface area contributed by atoms with Gasteiger partial charge in [0.05, 0.1) is 12.7 Å². The first-order valence-corrected chi connectivity index (χ1v) is 7.45. The number of hydrogen-bond acceptors (Lipinski definition) is 5. The molecule has 5 nitrogen and oxygen atoms in total. The van der Waals surface area contributed by atoms with E-state index in [2.05, 4.69) is 28.8 Å². The van der Waals surface area contributed by atoms with Crippen LogP contribution in [0, 0.1) is 0 Å². The van der Waals surface area contributed by atoms with E-state index in [1.165, 1.54) is 4.88 Å². The van der Waals surface area contributed by atoms with Crippen LogP contribution in [0.5, 0.6) is 5.75 Å². The van der Waals surface area contributed by atoms with Crippen LogP contribution in [-0.2, 0) is 6.54 Å². The Morgan fingerprint density at radius 2 is 2.29 bits per heavy atom. The van der Waals surface area contributed by atoms with Crippen LogP contribution in [0.4, 0.5) is 0 Å². The summed E-state index contributed by atoms with van der Waals surface area (Å²) >= 11 is 1.73. The van der Waals surface area contributed by atoms with Gasteiger partial charge in [0.15, 0.2) is 5.84 Å². The molecule has 6 heteroatoms. The summed E-state index contributed by atoms with van der Waals surface area (Å²) in [5.74, 6) is 0.625. The summed E-state index contributed by atoms with van der Waals surface area (Å²) in [6.07, 6.45) is 0. The smallest absolute Gasteiger partial charge is 0.173 e. The molecule has 1 unspecified atom stereocenters. The fourth-order valence-corrected chi connectivity index (χ4v) is 2.79. The number of nitrogens with zero attached hydrogens (tertiary/aromatic N) is 1. The van der Waals surface area contributed by atoms with Gasteiger partial charge in [-0.25, -0.2) is 0 Å². The molecule has 1 heterocycles. The van der Waals surface area contributed by atoms with Crippen LogP contribution in [0.2, 0.25) is 0 Å². The average Bonchev–Trinajstić information content (AvgIpc) is 3.06. The monoisotopic (exact) mass is 305 g/mol. The topological polar surface area (TPSA) is 79.9 Å². The molecule has 0 bridgehead atoms. The Balaban J connectivity index is 2.10. The first-order valence-electron chi connectivity index (χ1n) is 6.57. The van der Waals surface area contributed by atoms with Gasteiger partial charge < -0.3 is 21.0 Å². The summed E-state index contributed by atoms with van der Waals surface area (Å²) in [6, 6.07) is 10.1. The van der Waals surface area contributed by atoms with Crippen molar-refractivity contribution in [2.45, 2.75) is 19.5 Å². The highest BCUT2D eigenvalue weighted by molar-refractivity contribution is 7.10. The van der Waals surface area contributed by atoms with Crippen LogP contribution in [0.25, 0.3) is 0 Å². The van der Waals surface area contributed by atoms with Gasteiger partial charge >= 0.3 is 0 Å². The summed E-state index contributed by atoms with van der Waals surface area (Å²) in [4.78, 5) is 1.29. The van der Waals surface area contributed by atoms with Crippen molar-refractivity contribution in [1.29, 1.82) is 0 Å². The van der Waals surface area contributed by atoms with Gasteiger partial charge in [-0.3, -0.25) is 0 Å². The maximum absolute atomic E-state index is 8.84. The minimum Gasteiger partial charge on any atom is -0.496 e. The minimum atomic E-state index is 0.0417. The molecule has 0 aliphatic heterocycles. The second kappa shape index (κ2) is 7.10. The predicted octanol–water partition coefficient (Wildman–Crippen LogP) is 2.70. The Bertz CT molecular complexity index is 611. The lowest BCUT2D eigenvalue weighted by Crippen LogP contribution is -2.19. The third-order valence-corrected chi connectivity index (χ3v) is 4.28. The summed E-state index contributed by atoms with van der Waals surface area (Å²) in [5.41, 5.74) is 7.30. The Morgan fingerprint density at radius 3 is 2.90 bits per heavy atom. The van der Waals surface area contributed by atoms with Crippen molar-refractivity contribution in [1.82, 2.24) is 5.32 Å². The van der Waals surface area contributed by atoms with Gasteiger partial charge in [-0.2, -0.15) is 0 Å². The Hall–Kier alpha value is -2.05. The first-order chi connectivity index (χ1) is 10.2. The van der Waals surface area contributed by atoms with E-state index in [-0.39, 0.29) is 11.9 Å². The zero-order valence-electron chi connectivity index (χ0n) is 12.0. The van der Waals surface area contributed by atoms with Gasteiger partial charge in [0.25, 0.3) is 0 Å². The van der Waals surface area contributed by atoms with Gasteiger partial charge in [0, 0.05) is 17.5 Å². The van der Waals surface area contributed by atoms with Gasteiger partial charge in [0.1, 0.15) is 5.75 Å². The molecule has 0 fully saturated rings. The molecule has 0 aliphatic carbocycles. The van der Waals surface area contributed by atoms with E-state index in [9.17, 15) is 0 Å². The summed E-state index contributed by atoms with van der Waals surface area (Å²) in [6.45, 7) is 2.81. The molecule has 2 aromatic rings. The van der Waals surface area contributed by atoms with Crippen molar-refractivity contribution in [2.24, 2.45) is 10.9 Å². The molecule has 0 amide bonds. The number of nitrogens with one attached hydrogen (secondary N) is 1. The van der Waals surface area contributed by atoms with Crippen LogP contribution < -0.4 is 15.8 Å². The quantitative estimate of drug-likeness (QED) is 0.332. The maximum Gasteiger partial charge on any atom is 0.173 e. The van der Waals surface area contributed by atoms with Crippen LogP contribution >= 0.6 is 11.3 Å². The highest BCUT2D eigenvalue weighted by Gasteiger charge is 2.10. The molecule has 4 N–H and O–H groups in total. The third kappa shape index (κ3) is 3.74. The lowest BCUT2D eigenvalue weighted by molar-refractivity contribution is 0.318. The third-order valence-electron chi connectivity index (χ3n) is 3.23. The van der Waals surface area contributed by atoms with E-state index >= 15 is 0 Å². The molecule has 0 saturated carbocycles. The molecule has 0 saturated heterocycles. The van der Waals surface area contributed by atoms with Crippen molar-refractivity contribution >= 4 is 17.2 Å². The number of thiophene rings is 1. The van der Waals surface area contributed by atoms with Gasteiger partial charge in [-0.15, -0.1) is 11.3 Å². The number of rotatable bonds is 6. The standard InChI is InChI=1S/C15H19N3O2S/c1-10(14-4-3-7-21-14)17-9-11-5-6-13(20-2)12(8-11)15(16)18-19/h3-8,10,17,19H,9H2,1-2H3,(H2,16,18). The normalized spacial score (nSPS) is 13.1. The number of ether oxygens (including phenoxy) is 1. The Kier molecular flexibility index (Phi) is 5.19. The number of amidine groups is 1. The molecule has 1 aromatic heterocycles. The van der Waals surface area contributed by atoms with Gasteiger partial charge in [0.2, 0.25) is 0 Å².